The predicted octanol–water partition coefficient (Wildman–Crippen LogP) is 1.91. The van der Waals surface area contributed by atoms with Crippen molar-refractivity contribution in [3.8, 4) is 0 Å². The summed E-state index contributed by atoms with van der Waals surface area (Å²) >= 11 is 3.43. The van der Waals surface area contributed by atoms with Gasteiger partial charge in [-0.1, -0.05) is 15.9 Å². The monoisotopic (exact) mass is 164 g/mol. The molecule has 0 aromatic carbocycles. The highest BCUT2D eigenvalue weighted by molar-refractivity contribution is 9.10. The van der Waals surface area contributed by atoms with Crippen molar-refractivity contribution >= 4 is 15.9 Å². The summed E-state index contributed by atoms with van der Waals surface area (Å²) in [6.07, 6.45) is 2.36. The van der Waals surface area contributed by atoms with Crippen LogP contribution in [0.1, 0.15) is 19.8 Å². The molecule has 0 aromatic heterocycles. The van der Waals surface area contributed by atoms with Gasteiger partial charge in [-0.05, 0) is 19.8 Å². The number of ether oxygens (including phenoxy) is 1. The third-order valence-corrected chi connectivity index (χ3v) is 2.07. The first-order chi connectivity index (χ1) is 3.27. The summed E-state index contributed by atoms with van der Waals surface area (Å²) in [7, 11) is 0. The minimum absolute atomic E-state index is 0.113. The third kappa shape index (κ3) is 1.42. The molecular formula is C5H9BrO. The lowest BCUT2D eigenvalue weighted by Crippen LogP contribution is -2.02. The van der Waals surface area contributed by atoms with E-state index in [1.54, 1.807) is 0 Å². The van der Waals surface area contributed by atoms with Crippen molar-refractivity contribution in [3.63, 3.8) is 0 Å². The van der Waals surface area contributed by atoms with Gasteiger partial charge < -0.3 is 4.74 Å². The molecule has 0 heterocycles. The molecule has 1 nitrogen and oxygen atoms in total. The summed E-state index contributed by atoms with van der Waals surface area (Å²) in [5.74, 6) is 0. The van der Waals surface area contributed by atoms with E-state index < -0.39 is 0 Å². The van der Waals surface area contributed by atoms with Gasteiger partial charge in [-0.15, -0.1) is 0 Å². The molecule has 2 heteroatoms. The van der Waals surface area contributed by atoms with E-state index in [9.17, 15) is 0 Å². The predicted molar refractivity (Wildman–Crippen MR) is 32.5 cm³/mol. The quantitative estimate of drug-likeness (QED) is 0.568. The van der Waals surface area contributed by atoms with Crippen molar-refractivity contribution in [2.24, 2.45) is 0 Å². The highest BCUT2D eigenvalue weighted by Gasteiger charge is 2.40. The van der Waals surface area contributed by atoms with Crippen LogP contribution in [0.25, 0.3) is 0 Å². The lowest BCUT2D eigenvalue weighted by Gasteiger charge is -2.02. The Balaban J connectivity index is 2.13. The fraction of sp³-hybridized carbons (Fsp3) is 1.00. The Morgan fingerprint density at radius 2 is 2.29 bits per heavy atom. The Morgan fingerprint density at radius 1 is 1.71 bits per heavy atom. The van der Waals surface area contributed by atoms with Gasteiger partial charge in [-0.25, -0.2) is 0 Å². The topological polar surface area (TPSA) is 9.23 Å². The first kappa shape index (κ1) is 5.57. The van der Waals surface area contributed by atoms with Crippen LogP contribution in [0, 0.1) is 0 Å². The Labute approximate surface area is 52.2 Å². The van der Waals surface area contributed by atoms with Crippen LogP contribution in [-0.4, -0.2) is 11.1 Å². The molecule has 0 N–H and O–H groups in total. The molecule has 0 spiro atoms. The molecule has 42 valence electrons. The maximum atomic E-state index is 5.26. The molecule has 7 heavy (non-hydrogen) atoms. The smallest absolute Gasteiger partial charge is 0.123 e. The second-order valence-electron chi connectivity index (χ2n) is 1.82. The highest BCUT2D eigenvalue weighted by Crippen LogP contribution is 2.45. The number of alkyl halides is 1. The maximum Gasteiger partial charge on any atom is 0.123 e. The molecule has 0 radical (unpaired) electrons. The van der Waals surface area contributed by atoms with E-state index in [1.165, 1.54) is 12.8 Å². The molecule has 1 saturated carbocycles. The van der Waals surface area contributed by atoms with E-state index in [-0.39, 0.29) is 4.51 Å². The first-order valence-electron chi connectivity index (χ1n) is 2.60. The van der Waals surface area contributed by atoms with Crippen molar-refractivity contribution in [3.05, 3.63) is 0 Å². The Bertz CT molecular complexity index is 68.5. The molecule has 0 atom stereocenters. The summed E-state index contributed by atoms with van der Waals surface area (Å²) in [5.41, 5.74) is 0. The Hall–Kier alpha value is 0.440. The van der Waals surface area contributed by atoms with Crippen molar-refractivity contribution in [1.29, 1.82) is 0 Å². The van der Waals surface area contributed by atoms with E-state index >= 15 is 0 Å². The van der Waals surface area contributed by atoms with Gasteiger partial charge in [-0.2, -0.15) is 0 Å². The zero-order chi connectivity index (χ0) is 5.33. The van der Waals surface area contributed by atoms with Crippen LogP contribution in [0.2, 0.25) is 0 Å². The normalized spacial score (nSPS) is 24.9. The minimum Gasteiger partial charge on any atom is -0.364 e. The summed E-state index contributed by atoms with van der Waals surface area (Å²) in [6, 6.07) is 0. The van der Waals surface area contributed by atoms with E-state index in [2.05, 4.69) is 15.9 Å². The number of halogens is 1. The van der Waals surface area contributed by atoms with Crippen LogP contribution in [-0.2, 0) is 4.74 Å². The van der Waals surface area contributed by atoms with E-state index in [4.69, 9.17) is 4.74 Å². The second-order valence-corrected chi connectivity index (χ2v) is 3.26. The molecule has 0 bridgehead atoms. The van der Waals surface area contributed by atoms with E-state index in [0.29, 0.717) is 0 Å². The highest BCUT2D eigenvalue weighted by atomic mass is 79.9. The van der Waals surface area contributed by atoms with Gasteiger partial charge in [0.1, 0.15) is 4.51 Å². The average molecular weight is 165 g/mol. The van der Waals surface area contributed by atoms with Crippen LogP contribution >= 0.6 is 15.9 Å². The van der Waals surface area contributed by atoms with Crippen molar-refractivity contribution in [2.75, 3.05) is 6.61 Å². The van der Waals surface area contributed by atoms with Crippen LogP contribution in [0.4, 0.5) is 0 Å². The largest absolute Gasteiger partial charge is 0.364 e. The van der Waals surface area contributed by atoms with E-state index in [1.807, 2.05) is 6.92 Å². The fourth-order valence-corrected chi connectivity index (χ4v) is 0.928. The SMILES string of the molecule is CCOC1(Br)CC1. The summed E-state index contributed by atoms with van der Waals surface area (Å²) in [6.45, 7) is 2.84. The Kier molecular flexibility index (Phi) is 1.39. The van der Waals surface area contributed by atoms with Gasteiger partial charge in [0.15, 0.2) is 0 Å². The number of hydrogen-bond donors (Lipinski definition) is 0. The minimum atomic E-state index is 0.113. The van der Waals surface area contributed by atoms with Crippen LogP contribution < -0.4 is 0 Å². The zero-order valence-electron chi connectivity index (χ0n) is 4.41. The van der Waals surface area contributed by atoms with Crippen molar-refractivity contribution in [1.82, 2.24) is 0 Å². The van der Waals surface area contributed by atoms with Crippen LogP contribution in [0.3, 0.4) is 0 Å². The molecule has 1 rings (SSSR count). The zero-order valence-corrected chi connectivity index (χ0v) is 5.99. The van der Waals surface area contributed by atoms with Crippen LogP contribution in [0.15, 0.2) is 0 Å². The number of hydrogen-bond acceptors (Lipinski definition) is 1. The molecule has 0 saturated heterocycles. The lowest BCUT2D eigenvalue weighted by atomic mass is 10.8. The first-order valence-corrected chi connectivity index (χ1v) is 3.39. The van der Waals surface area contributed by atoms with Crippen LogP contribution in [0.5, 0.6) is 0 Å². The summed E-state index contributed by atoms with van der Waals surface area (Å²) in [5, 5.41) is 0. The third-order valence-electron chi connectivity index (χ3n) is 1.05. The second kappa shape index (κ2) is 1.75. The van der Waals surface area contributed by atoms with Gasteiger partial charge in [0, 0.05) is 6.61 Å². The molecule has 0 aromatic rings. The maximum absolute atomic E-state index is 5.26. The molecule has 1 fully saturated rings. The molecule has 0 amide bonds. The lowest BCUT2D eigenvalue weighted by molar-refractivity contribution is 0.114. The van der Waals surface area contributed by atoms with Crippen molar-refractivity contribution in [2.45, 2.75) is 24.3 Å². The molecule has 0 unspecified atom stereocenters. The van der Waals surface area contributed by atoms with Gasteiger partial charge >= 0.3 is 0 Å². The molecule has 0 aliphatic heterocycles. The summed E-state index contributed by atoms with van der Waals surface area (Å²) in [4.78, 5) is 0. The number of rotatable bonds is 2. The van der Waals surface area contributed by atoms with Gasteiger partial charge in [0.25, 0.3) is 0 Å². The van der Waals surface area contributed by atoms with Gasteiger partial charge in [-0.3, -0.25) is 0 Å². The van der Waals surface area contributed by atoms with E-state index in [0.717, 1.165) is 6.61 Å². The van der Waals surface area contributed by atoms with Crippen molar-refractivity contribution < 1.29 is 4.74 Å². The average Bonchev–Trinajstić information content (AvgIpc) is 2.22. The van der Waals surface area contributed by atoms with Gasteiger partial charge in [0.05, 0.1) is 0 Å². The standard InChI is InChI=1S/C5H9BrO/c1-2-7-5(6)3-4-5/h2-4H2,1H3. The Morgan fingerprint density at radius 3 is 2.43 bits per heavy atom. The molecule has 1 aliphatic carbocycles. The molecular weight excluding hydrogens is 156 g/mol. The summed E-state index contributed by atoms with van der Waals surface area (Å²) < 4.78 is 5.37. The fourth-order valence-electron chi connectivity index (χ4n) is 0.501. The molecule has 1 aliphatic rings. The van der Waals surface area contributed by atoms with Gasteiger partial charge in [0.2, 0.25) is 0 Å².